The lowest BCUT2D eigenvalue weighted by Crippen LogP contribution is -2.46. The van der Waals surface area contributed by atoms with E-state index in [2.05, 4.69) is 9.97 Å². The first-order chi connectivity index (χ1) is 15.2. The van der Waals surface area contributed by atoms with Crippen LogP contribution in [0, 0.1) is 0 Å². The molecule has 5 rings (SSSR count). The van der Waals surface area contributed by atoms with Crippen LogP contribution in [0.2, 0.25) is 0 Å². The number of fused-ring (bicyclic) bond motifs is 1. The van der Waals surface area contributed by atoms with Crippen molar-refractivity contribution in [3.63, 3.8) is 0 Å². The first kappa shape index (κ1) is 20.7. The molecule has 1 amide bonds. The van der Waals surface area contributed by atoms with Gasteiger partial charge in [0.2, 0.25) is 0 Å². The van der Waals surface area contributed by atoms with Gasteiger partial charge in [-0.1, -0.05) is 24.3 Å². The van der Waals surface area contributed by atoms with Gasteiger partial charge < -0.3 is 19.7 Å². The van der Waals surface area contributed by atoms with E-state index in [-0.39, 0.29) is 19.1 Å². The third kappa shape index (κ3) is 3.67. The van der Waals surface area contributed by atoms with E-state index >= 15 is 0 Å². The summed E-state index contributed by atoms with van der Waals surface area (Å²) in [6.45, 7) is 1.21. The molecule has 3 aromatic rings. The summed E-state index contributed by atoms with van der Waals surface area (Å²) in [4.78, 5) is 22.4. The molecule has 2 N–H and O–H groups in total. The fourth-order valence-corrected chi connectivity index (χ4v) is 4.01. The smallest absolute Gasteiger partial charge is 0.380 e. The summed E-state index contributed by atoms with van der Waals surface area (Å²) in [7, 11) is 0. The monoisotopic (exact) mass is 443 g/mol. The Labute approximate surface area is 181 Å². The number of ether oxygens (including phenoxy) is 1. The number of carbonyl (C=O) groups excluding carboxylic acids is 1. The zero-order chi connectivity index (χ0) is 22.5. The van der Waals surface area contributed by atoms with Crippen molar-refractivity contribution >= 4 is 5.91 Å². The van der Waals surface area contributed by atoms with Gasteiger partial charge in [-0.05, 0) is 29.8 Å². The number of benzene rings is 2. The van der Waals surface area contributed by atoms with E-state index < -0.39 is 17.3 Å². The van der Waals surface area contributed by atoms with Gasteiger partial charge in [0.15, 0.2) is 0 Å². The third-order valence-corrected chi connectivity index (χ3v) is 5.93. The minimum Gasteiger partial charge on any atom is -0.380 e. The van der Waals surface area contributed by atoms with Crippen molar-refractivity contribution in [1.29, 1.82) is 0 Å². The Morgan fingerprint density at radius 1 is 1.16 bits per heavy atom. The number of hydrogen-bond acceptors (Lipinski definition) is 4. The van der Waals surface area contributed by atoms with Crippen LogP contribution in [0.3, 0.4) is 0 Å². The van der Waals surface area contributed by atoms with Crippen LogP contribution in [0.25, 0.3) is 11.4 Å². The second-order valence-corrected chi connectivity index (χ2v) is 8.17. The Balaban J connectivity index is 1.34. The second kappa shape index (κ2) is 7.46. The second-order valence-electron chi connectivity index (χ2n) is 8.17. The number of halogens is 3. The summed E-state index contributed by atoms with van der Waals surface area (Å²) in [5, 5.41) is 10.5. The van der Waals surface area contributed by atoms with E-state index in [1.807, 2.05) is 0 Å². The maximum Gasteiger partial charge on any atom is 0.416 e. The van der Waals surface area contributed by atoms with E-state index in [9.17, 15) is 23.1 Å². The summed E-state index contributed by atoms with van der Waals surface area (Å²) >= 11 is 0. The third-order valence-electron chi connectivity index (χ3n) is 5.93. The highest BCUT2D eigenvalue weighted by atomic mass is 19.4. The van der Waals surface area contributed by atoms with Crippen LogP contribution in [0.4, 0.5) is 13.2 Å². The average Bonchev–Trinajstić information content (AvgIpc) is 3.20. The van der Waals surface area contributed by atoms with Crippen molar-refractivity contribution in [3.8, 4) is 11.4 Å². The van der Waals surface area contributed by atoms with Gasteiger partial charge in [0.05, 0.1) is 36.7 Å². The fraction of sp³-hybridized carbons (Fsp3) is 0.304. The van der Waals surface area contributed by atoms with Crippen molar-refractivity contribution in [2.75, 3.05) is 19.8 Å². The zero-order valence-corrected chi connectivity index (χ0v) is 16.9. The largest absolute Gasteiger partial charge is 0.416 e. The SMILES string of the molecule is O=C(c1cccc(C2(O)COC2)c1)N1CCc2nc(-c3ccc(C(F)(F)F)cc3)[nH]c2C1. The molecule has 0 unspecified atom stereocenters. The number of imidazole rings is 1. The van der Waals surface area contributed by atoms with E-state index in [1.54, 1.807) is 29.2 Å². The molecule has 0 aliphatic carbocycles. The molecule has 6 nitrogen and oxygen atoms in total. The highest BCUT2D eigenvalue weighted by molar-refractivity contribution is 5.94. The number of nitrogens with zero attached hydrogens (tertiary/aromatic N) is 2. The highest BCUT2D eigenvalue weighted by Gasteiger charge is 2.38. The molecule has 0 bridgehead atoms. The van der Waals surface area contributed by atoms with Crippen LogP contribution < -0.4 is 0 Å². The summed E-state index contributed by atoms with van der Waals surface area (Å²) in [6.07, 6.45) is -3.85. The molecule has 1 saturated heterocycles. The Hall–Kier alpha value is -3.17. The quantitative estimate of drug-likeness (QED) is 0.650. The Bertz CT molecular complexity index is 1170. The van der Waals surface area contributed by atoms with Crippen LogP contribution in [0.1, 0.15) is 32.9 Å². The van der Waals surface area contributed by atoms with Gasteiger partial charge in [-0.25, -0.2) is 4.98 Å². The molecule has 166 valence electrons. The molecule has 0 spiro atoms. The number of rotatable bonds is 3. The molecular formula is C23H20F3N3O3. The first-order valence-corrected chi connectivity index (χ1v) is 10.2. The lowest BCUT2D eigenvalue weighted by molar-refractivity contribution is -0.184. The maximum absolute atomic E-state index is 13.1. The normalized spacial score (nSPS) is 17.6. The number of alkyl halides is 3. The van der Waals surface area contributed by atoms with Gasteiger partial charge in [0.25, 0.3) is 5.91 Å². The summed E-state index contributed by atoms with van der Waals surface area (Å²) in [5.41, 5.74) is 1.49. The Kier molecular flexibility index (Phi) is 4.83. The molecule has 9 heteroatoms. The summed E-state index contributed by atoms with van der Waals surface area (Å²) in [5.74, 6) is 0.319. The van der Waals surface area contributed by atoms with Gasteiger partial charge in [-0.3, -0.25) is 4.79 Å². The van der Waals surface area contributed by atoms with E-state index in [0.717, 1.165) is 23.5 Å². The molecule has 3 heterocycles. The highest BCUT2D eigenvalue weighted by Crippen LogP contribution is 2.32. The van der Waals surface area contributed by atoms with Gasteiger partial charge in [0.1, 0.15) is 11.4 Å². The van der Waals surface area contributed by atoms with Crippen molar-refractivity contribution < 1.29 is 27.8 Å². The molecule has 1 fully saturated rings. The summed E-state index contributed by atoms with van der Waals surface area (Å²) in [6, 6.07) is 11.8. The summed E-state index contributed by atoms with van der Waals surface area (Å²) < 4.78 is 43.5. The fourth-order valence-electron chi connectivity index (χ4n) is 4.01. The number of nitrogens with one attached hydrogen (secondary N) is 1. The van der Waals surface area contributed by atoms with Gasteiger partial charge in [0, 0.05) is 24.1 Å². The van der Waals surface area contributed by atoms with Gasteiger partial charge in [-0.15, -0.1) is 0 Å². The van der Waals surface area contributed by atoms with E-state index in [1.165, 1.54) is 12.1 Å². The van der Waals surface area contributed by atoms with Crippen molar-refractivity contribution in [2.24, 2.45) is 0 Å². The predicted molar refractivity (Wildman–Crippen MR) is 109 cm³/mol. The average molecular weight is 443 g/mol. The molecule has 0 radical (unpaired) electrons. The molecule has 0 atom stereocenters. The molecule has 1 aromatic heterocycles. The van der Waals surface area contributed by atoms with Crippen molar-refractivity contribution in [2.45, 2.75) is 24.7 Å². The number of aromatic nitrogens is 2. The van der Waals surface area contributed by atoms with Crippen LogP contribution in [-0.2, 0) is 29.5 Å². The molecule has 2 aromatic carbocycles. The minimum absolute atomic E-state index is 0.160. The van der Waals surface area contributed by atoms with Gasteiger partial charge >= 0.3 is 6.18 Å². The van der Waals surface area contributed by atoms with E-state index in [4.69, 9.17) is 4.74 Å². The topological polar surface area (TPSA) is 78.5 Å². The van der Waals surface area contributed by atoms with Crippen LogP contribution in [-0.4, -0.2) is 45.6 Å². The lowest BCUT2D eigenvalue weighted by atomic mass is 9.90. The maximum atomic E-state index is 13.1. The number of aliphatic hydroxyl groups is 1. The van der Waals surface area contributed by atoms with Gasteiger partial charge in [-0.2, -0.15) is 13.2 Å². The predicted octanol–water partition coefficient (Wildman–Crippen LogP) is 3.51. The number of carbonyl (C=O) groups is 1. The number of amides is 1. The number of aromatic amines is 1. The zero-order valence-electron chi connectivity index (χ0n) is 16.9. The minimum atomic E-state index is -4.39. The van der Waals surface area contributed by atoms with Crippen molar-refractivity contribution in [1.82, 2.24) is 14.9 Å². The molecular weight excluding hydrogens is 423 g/mol. The molecule has 32 heavy (non-hydrogen) atoms. The van der Waals surface area contributed by atoms with Crippen LogP contribution in [0.15, 0.2) is 48.5 Å². The molecule has 0 saturated carbocycles. The molecule has 2 aliphatic heterocycles. The standard InChI is InChI=1S/C23H20F3N3O3/c24-23(25,26)16-6-4-14(5-7-16)20-27-18-8-9-29(11-19(18)28-20)21(30)15-2-1-3-17(10-15)22(31)12-32-13-22/h1-7,10,31H,8-9,11-13H2,(H,27,28). The lowest BCUT2D eigenvalue weighted by Gasteiger charge is -2.37. The van der Waals surface area contributed by atoms with Crippen molar-refractivity contribution in [3.05, 3.63) is 76.6 Å². The van der Waals surface area contributed by atoms with E-state index in [0.29, 0.717) is 42.0 Å². The first-order valence-electron chi connectivity index (χ1n) is 10.2. The van der Waals surface area contributed by atoms with Crippen LogP contribution >= 0.6 is 0 Å². The number of hydrogen-bond donors (Lipinski definition) is 2. The Morgan fingerprint density at radius 3 is 2.56 bits per heavy atom. The number of H-pyrrole nitrogens is 1. The van der Waals surface area contributed by atoms with Crippen LogP contribution in [0.5, 0.6) is 0 Å². The molecule has 2 aliphatic rings. The Morgan fingerprint density at radius 2 is 1.91 bits per heavy atom.